The van der Waals surface area contributed by atoms with Gasteiger partial charge in [0.25, 0.3) is 0 Å². The quantitative estimate of drug-likeness (QED) is 0.653. The number of benzene rings is 3. The molecule has 0 aromatic heterocycles. The first-order chi connectivity index (χ1) is 9.14. The summed E-state index contributed by atoms with van der Waals surface area (Å²) in [6, 6.07) is 14.7. The smallest absolute Gasteiger partial charge is 0.345 e. The molecule has 0 fully saturated rings. The maximum absolute atomic E-state index is 11.6. The molecule has 0 aliphatic heterocycles. The van der Waals surface area contributed by atoms with Crippen LogP contribution in [-0.4, -0.2) is 16.2 Å². The molecule has 0 saturated carbocycles. The van der Waals surface area contributed by atoms with E-state index in [-0.39, 0.29) is 0 Å². The summed E-state index contributed by atoms with van der Waals surface area (Å²) in [6.45, 7) is 0. The van der Waals surface area contributed by atoms with E-state index in [9.17, 15) is 15.0 Å². The molecular weight excluding hydrogens is 240 g/mol. The SMILES string of the molecule is O=C(O)C1(O)c2cccc3ccc4cccc1c4c23. The van der Waals surface area contributed by atoms with Crippen molar-refractivity contribution in [1.82, 2.24) is 0 Å². The van der Waals surface area contributed by atoms with Gasteiger partial charge in [-0.2, -0.15) is 0 Å². The number of carbonyl (C=O) groups is 1. The highest BCUT2D eigenvalue weighted by Gasteiger charge is 2.46. The Morgan fingerprint density at radius 2 is 1.32 bits per heavy atom. The van der Waals surface area contributed by atoms with Crippen molar-refractivity contribution in [3.05, 3.63) is 59.7 Å². The molecule has 92 valence electrons. The van der Waals surface area contributed by atoms with Crippen LogP contribution in [0.3, 0.4) is 0 Å². The molecule has 3 nitrogen and oxygen atoms in total. The van der Waals surface area contributed by atoms with E-state index in [1.54, 1.807) is 24.3 Å². The Labute approximate surface area is 108 Å². The minimum absolute atomic E-state index is 0.462. The van der Waals surface area contributed by atoms with Crippen LogP contribution in [0, 0.1) is 0 Å². The zero-order chi connectivity index (χ0) is 13.2. The fourth-order valence-electron chi connectivity index (χ4n) is 3.13. The van der Waals surface area contributed by atoms with Gasteiger partial charge in [0.05, 0.1) is 0 Å². The van der Waals surface area contributed by atoms with E-state index < -0.39 is 11.6 Å². The van der Waals surface area contributed by atoms with Gasteiger partial charge in [-0.15, -0.1) is 0 Å². The van der Waals surface area contributed by atoms with Gasteiger partial charge in [0.1, 0.15) is 0 Å². The molecule has 0 heterocycles. The van der Waals surface area contributed by atoms with Crippen molar-refractivity contribution in [3.63, 3.8) is 0 Å². The van der Waals surface area contributed by atoms with Crippen molar-refractivity contribution in [2.45, 2.75) is 5.60 Å². The zero-order valence-electron chi connectivity index (χ0n) is 9.92. The van der Waals surface area contributed by atoms with Gasteiger partial charge in [-0.3, -0.25) is 0 Å². The third-order valence-electron chi connectivity index (χ3n) is 3.97. The predicted octanol–water partition coefficient (Wildman–Crippen LogP) is 2.63. The van der Waals surface area contributed by atoms with Crippen LogP contribution in [0.1, 0.15) is 11.1 Å². The Bertz CT molecular complexity index is 802. The molecule has 0 unspecified atom stereocenters. The number of hydrogen-bond donors (Lipinski definition) is 2. The average Bonchev–Trinajstić information content (AvgIpc) is 2.70. The lowest BCUT2D eigenvalue weighted by molar-refractivity contribution is -0.154. The maximum atomic E-state index is 11.6. The Morgan fingerprint density at radius 1 is 0.842 bits per heavy atom. The largest absolute Gasteiger partial charge is 0.479 e. The van der Waals surface area contributed by atoms with E-state index in [4.69, 9.17) is 0 Å². The molecule has 19 heavy (non-hydrogen) atoms. The fraction of sp³-hybridized carbons (Fsp3) is 0.0625. The number of carboxylic acids is 1. The topological polar surface area (TPSA) is 57.5 Å². The van der Waals surface area contributed by atoms with E-state index in [1.165, 1.54) is 0 Å². The molecule has 0 radical (unpaired) electrons. The van der Waals surface area contributed by atoms with Gasteiger partial charge < -0.3 is 10.2 Å². The maximum Gasteiger partial charge on any atom is 0.345 e. The molecule has 3 aromatic rings. The van der Waals surface area contributed by atoms with Crippen molar-refractivity contribution in [3.8, 4) is 0 Å². The first-order valence-corrected chi connectivity index (χ1v) is 6.05. The monoisotopic (exact) mass is 250 g/mol. The van der Waals surface area contributed by atoms with Crippen LogP contribution in [0.4, 0.5) is 0 Å². The van der Waals surface area contributed by atoms with Crippen LogP contribution < -0.4 is 0 Å². The number of aliphatic carboxylic acids is 1. The van der Waals surface area contributed by atoms with Gasteiger partial charge in [-0.1, -0.05) is 48.5 Å². The first kappa shape index (κ1) is 10.5. The molecule has 0 spiro atoms. The number of rotatable bonds is 1. The highest BCUT2D eigenvalue weighted by Crippen LogP contribution is 2.47. The molecule has 0 saturated heterocycles. The molecule has 1 aliphatic carbocycles. The number of carboxylic acid groups (broad SMARTS) is 1. The van der Waals surface area contributed by atoms with Crippen molar-refractivity contribution in [2.24, 2.45) is 0 Å². The van der Waals surface area contributed by atoms with Gasteiger partial charge in [0.15, 0.2) is 0 Å². The molecule has 4 rings (SSSR count). The van der Waals surface area contributed by atoms with Gasteiger partial charge in [-0.25, -0.2) is 4.79 Å². The summed E-state index contributed by atoms with van der Waals surface area (Å²) in [6.07, 6.45) is 0. The predicted molar refractivity (Wildman–Crippen MR) is 72.1 cm³/mol. The molecule has 0 atom stereocenters. The Hall–Kier alpha value is -2.39. The lowest BCUT2D eigenvalue weighted by Gasteiger charge is -2.20. The summed E-state index contributed by atoms with van der Waals surface area (Å²) in [4.78, 5) is 11.6. The Kier molecular flexibility index (Phi) is 1.74. The summed E-state index contributed by atoms with van der Waals surface area (Å²) in [7, 11) is 0. The van der Waals surface area contributed by atoms with Crippen molar-refractivity contribution in [1.29, 1.82) is 0 Å². The second kappa shape index (κ2) is 3.13. The van der Waals surface area contributed by atoms with E-state index in [1.807, 2.05) is 24.3 Å². The zero-order valence-corrected chi connectivity index (χ0v) is 9.92. The molecule has 3 aromatic carbocycles. The highest BCUT2D eigenvalue weighted by molar-refractivity contribution is 6.17. The Morgan fingerprint density at radius 3 is 1.74 bits per heavy atom. The molecule has 1 aliphatic rings. The van der Waals surface area contributed by atoms with Gasteiger partial charge in [0, 0.05) is 11.1 Å². The fourth-order valence-corrected chi connectivity index (χ4v) is 3.13. The summed E-state index contributed by atoms with van der Waals surface area (Å²) in [5.41, 5.74) is -1.02. The van der Waals surface area contributed by atoms with Gasteiger partial charge >= 0.3 is 5.97 Å². The molecule has 0 bridgehead atoms. The summed E-state index contributed by atoms with van der Waals surface area (Å²) in [5.74, 6) is -1.23. The normalized spacial score (nSPS) is 15.4. The first-order valence-electron chi connectivity index (χ1n) is 6.05. The van der Waals surface area contributed by atoms with Crippen molar-refractivity contribution >= 4 is 27.5 Å². The Balaban J connectivity index is 2.36. The standard InChI is InChI=1S/C16H10O3/c17-15(18)16(19)11-5-1-3-9-7-8-10-4-2-6-12(16)14(10)13(9)11/h1-8,19H,(H,17,18). The van der Waals surface area contributed by atoms with Crippen LogP contribution in [0.25, 0.3) is 21.5 Å². The minimum Gasteiger partial charge on any atom is -0.479 e. The van der Waals surface area contributed by atoms with Gasteiger partial charge in [0.2, 0.25) is 5.60 Å². The average molecular weight is 250 g/mol. The van der Waals surface area contributed by atoms with E-state index in [2.05, 4.69) is 0 Å². The summed E-state index contributed by atoms with van der Waals surface area (Å²) < 4.78 is 0. The van der Waals surface area contributed by atoms with Crippen LogP contribution >= 0.6 is 0 Å². The van der Waals surface area contributed by atoms with Crippen LogP contribution in [0.5, 0.6) is 0 Å². The van der Waals surface area contributed by atoms with E-state index >= 15 is 0 Å². The summed E-state index contributed by atoms with van der Waals surface area (Å²) >= 11 is 0. The lowest BCUT2D eigenvalue weighted by Crippen LogP contribution is -2.34. The molecule has 3 heteroatoms. The number of aliphatic hydroxyl groups is 1. The second-order valence-corrected chi connectivity index (χ2v) is 4.89. The minimum atomic E-state index is -1.94. The lowest BCUT2D eigenvalue weighted by atomic mass is 9.91. The third-order valence-corrected chi connectivity index (χ3v) is 3.97. The second-order valence-electron chi connectivity index (χ2n) is 4.89. The summed E-state index contributed by atoms with van der Waals surface area (Å²) in [5, 5.41) is 23.8. The van der Waals surface area contributed by atoms with Crippen LogP contribution in [-0.2, 0) is 10.4 Å². The van der Waals surface area contributed by atoms with Crippen LogP contribution in [0.15, 0.2) is 48.5 Å². The number of hydrogen-bond acceptors (Lipinski definition) is 2. The molecule has 0 amide bonds. The highest BCUT2D eigenvalue weighted by atomic mass is 16.4. The van der Waals surface area contributed by atoms with Gasteiger partial charge in [-0.05, 0) is 21.5 Å². The van der Waals surface area contributed by atoms with Crippen molar-refractivity contribution < 1.29 is 15.0 Å². The molecular formula is C16H10O3. The van der Waals surface area contributed by atoms with E-state index in [0.29, 0.717) is 11.1 Å². The van der Waals surface area contributed by atoms with E-state index in [0.717, 1.165) is 21.5 Å². The molecule has 2 N–H and O–H groups in total. The van der Waals surface area contributed by atoms with Crippen LogP contribution in [0.2, 0.25) is 0 Å². The third kappa shape index (κ3) is 1.04. The van der Waals surface area contributed by atoms with Crippen molar-refractivity contribution in [2.75, 3.05) is 0 Å².